The molecule has 0 amide bonds. The smallest absolute Gasteiger partial charge is 0.355 e. The first-order valence-electron chi connectivity index (χ1n) is 13.1. The number of aryl methyl sites for hydroxylation is 1. The molecule has 2 aromatic carbocycles. The molecular formula is C30H30Cl3NO7. The highest BCUT2D eigenvalue weighted by Gasteiger charge is 2.57. The number of aromatic nitrogens is 1. The molecule has 1 saturated carbocycles. The predicted molar refractivity (Wildman–Crippen MR) is 154 cm³/mol. The van der Waals surface area contributed by atoms with E-state index in [4.69, 9.17) is 53.8 Å². The van der Waals surface area contributed by atoms with E-state index >= 15 is 0 Å². The lowest BCUT2D eigenvalue weighted by Crippen LogP contribution is -2.63. The second kappa shape index (κ2) is 11.2. The van der Waals surface area contributed by atoms with Gasteiger partial charge in [0, 0.05) is 17.7 Å². The molecule has 1 aliphatic carbocycles. The zero-order valence-electron chi connectivity index (χ0n) is 22.7. The minimum absolute atomic E-state index is 0.132. The molecule has 0 radical (unpaired) electrons. The van der Waals surface area contributed by atoms with Crippen molar-refractivity contribution < 1.29 is 33.6 Å². The van der Waals surface area contributed by atoms with Crippen LogP contribution in [0.1, 0.15) is 58.8 Å². The maximum Gasteiger partial charge on any atom is 0.355 e. The standard InChI is InChI=1S/C30H30Cl3NO7/c1-17-8-10-22(34-17)27(37)40-24-13-28(2,3)15-29(25(24)35)39-14-19-12-18(9-11-23(19)41-29)20-6-4-5-7-21(20)26(36)38-16-30(31,32)33/h4-12,24-25,34-35H,13-16H2,1-3H3/t24-,25-,29-/m1/s1. The second-order valence-corrected chi connectivity index (χ2v) is 13.8. The molecule has 0 unspecified atom stereocenters. The van der Waals surface area contributed by atoms with Crippen LogP contribution in [0.3, 0.4) is 0 Å². The van der Waals surface area contributed by atoms with Crippen LogP contribution in [-0.2, 0) is 20.8 Å². The first-order chi connectivity index (χ1) is 19.3. The van der Waals surface area contributed by atoms with Crippen molar-refractivity contribution >= 4 is 46.7 Å². The first-order valence-corrected chi connectivity index (χ1v) is 14.2. The number of alkyl halides is 3. The lowest BCUT2D eigenvalue weighted by atomic mass is 9.71. The van der Waals surface area contributed by atoms with Gasteiger partial charge in [0.25, 0.3) is 0 Å². The van der Waals surface area contributed by atoms with E-state index in [9.17, 15) is 14.7 Å². The Kier molecular flexibility index (Phi) is 8.09. The highest BCUT2D eigenvalue weighted by molar-refractivity contribution is 6.67. The fraction of sp³-hybridized carbons (Fsp3) is 0.400. The number of fused-ring (bicyclic) bond motifs is 1. The second-order valence-electron chi connectivity index (χ2n) is 11.3. The first kappa shape index (κ1) is 29.7. The molecular weight excluding hydrogens is 593 g/mol. The van der Waals surface area contributed by atoms with Crippen molar-refractivity contribution in [1.82, 2.24) is 4.98 Å². The van der Waals surface area contributed by atoms with Gasteiger partial charge in [0.15, 0.2) is 6.10 Å². The molecule has 1 spiro atoms. The minimum atomic E-state index is -1.72. The van der Waals surface area contributed by atoms with Crippen molar-refractivity contribution in [3.05, 3.63) is 77.1 Å². The molecule has 218 valence electrons. The summed E-state index contributed by atoms with van der Waals surface area (Å²) in [7, 11) is 0. The highest BCUT2D eigenvalue weighted by Crippen LogP contribution is 2.48. The van der Waals surface area contributed by atoms with Crippen LogP contribution in [0.4, 0.5) is 0 Å². The summed E-state index contributed by atoms with van der Waals surface area (Å²) in [5.41, 5.74) is 3.16. The zero-order valence-corrected chi connectivity index (χ0v) is 25.0. The van der Waals surface area contributed by atoms with Gasteiger partial charge >= 0.3 is 11.9 Å². The molecule has 1 aromatic heterocycles. The number of aliphatic hydroxyl groups excluding tert-OH is 1. The molecule has 1 fully saturated rings. The van der Waals surface area contributed by atoms with Gasteiger partial charge in [0.2, 0.25) is 9.58 Å². The van der Waals surface area contributed by atoms with Crippen LogP contribution in [0.25, 0.3) is 11.1 Å². The van der Waals surface area contributed by atoms with Gasteiger partial charge < -0.3 is 29.0 Å². The Balaban J connectivity index is 1.38. The number of hydrogen-bond donors (Lipinski definition) is 2. The molecule has 2 heterocycles. The van der Waals surface area contributed by atoms with Gasteiger partial charge in [0.1, 0.15) is 24.2 Å². The van der Waals surface area contributed by atoms with Crippen LogP contribution in [0.5, 0.6) is 5.75 Å². The molecule has 0 saturated heterocycles. The largest absolute Gasteiger partial charge is 0.459 e. The van der Waals surface area contributed by atoms with Gasteiger partial charge in [-0.05, 0) is 60.2 Å². The normalized spacial score (nSPS) is 23.4. The van der Waals surface area contributed by atoms with Gasteiger partial charge in [-0.1, -0.05) is 72.9 Å². The maximum absolute atomic E-state index is 12.8. The Hall–Kier alpha value is -2.75. The Morgan fingerprint density at radius 2 is 1.85 bits per heavy atom. The van der Waals surface area contributed by atoms with E-state index in [1.54, 1.807) is 42.5 Å². The van der Waals surface area contributed by atoms with Crippen molar-refractivity contribution in [2.24, 2.45) is 5.41 Å². The van der Waals surface area contributed by atoms with E-state index in [2.05, 4.69) is 4.98 Å². The third-order valence-corrected chi connectivity index (χ3v) is 7.56. The number of aliphatic hydroxyl groups is 1. The molecule has 5 rings (SSSR count). The average molecular weight is 623 g/mol. The summed E-state index contributed by atoms with van der Waals surface area (Å²) in [4.78, 5) is 28.5. The zero-order chi connectivity index (χ0) is 29.6. The number of H-pyrrole nitrogens is 1. The Bertz CT molecular complexity index is 1460. The number of rotatable bonds is 5. The number of aromatic amines is 1. The summed E-state index contributed by atoms with van der Waals surface area (Å²) in [5, 5.41) is 11.4. The molecule has 41 heavy (non-hydrogen) atoms. The summed E-state index contributed by atoms with van der Waals surface area (Å²) in [6, 6.07) is 15.8. The SMILES string of the molecule is Cc1ccc(C(=O)O[C@@H]2CC(C)(C)C[C@]3(OCc4cc(-c5ccccc5C(=O)OCC(Cl)(Cl)Cl)ccc4O3)[C@@H]2O)[nH]1. The van der Waals surface area contributed by atoms with Crippen LogP contribution in [0, 0.1) is 12.3 Å². The lowest BCUT2D eigenvalue weighted by Gasteiger charge is -2.51. The predicted octanol–water partition coefficient (Wildman–Crippen LogP) is 6.53. The fourth-order valence-electron chi connectivity index (χ4n) is 5.46. The topological polar surface area (TPSA) is 107 Å². The van der Waals surface area contributed by atoms with E-state index in [0.29, 0.717) is 35.4 Å². The Labute approximate surface area is 252 Å². The van der Waals surface area contributed by atoms with Crippen molar-refractivity contribution in [3.8, 4) is 16.9 Å². The quantitative estimate of drug-likeness (QED) is 0.246. The highest BCUT2D eigenvalue weighted by atomic mass is 35.6. The molecule has 3 aromatic rings. The van der Waals surface area contributed by atoms with Crippen LogP contribution < -0.4 is 4.74 Å². The molecule has 2 aliphatic rings. The van der Waals surface area contributed by atoms with Crippen molar-refractivity contribution in [2.75, 3.05) is 6.61 Å². The Morgan fingerprint density at radius 1 is 1.10 bits per heavy atom. The third kappa shape index (κ3) is 6.52. The number of ether oxygens (including phenoxy) is 4. The van der Waals surface area contributed by atoms with Crippen molar-refractivity contribution in [2.45, 2.75) is 62.0 Å². The maximum atomic E-state index is 12.8. The summed E-state index contributed by atoms with van der Waals surface area (Å²) in [6.07, 6.45) is -1.25. The summed E-state index contributed by atoms with van der Waals surface area (Å²) in [6.45, 7) is 5.62. The van der Waals surface area contributed by atoms with Crippen LogP contribution in [0.2, 0.25) is 0 Å². The number of carbonyl (C=O) groups excluding carboxylic acids is 2. The number of halogens is 3. The lowest BCUT2D eigenvalue weighted by molar-refractivity contribution is -0.304. The van der Waals surface area contributed by atoms with Gasteiger partial charge in [-0.25, -0.2) is 9.59 Å². The van der Waals surface area contributed by atoms with Crippen LogP contribution in [0.15, 0.2) is 54.6 Å². The van der Waals surface area contributed by atoms with Gasteiger partial charge in [-0.3, -0.25) is 0 Å². The van der Waals surface area contributed by atoms with E-state index in [0.717, 1.165) is 16.8 Å². The van der Waals surface area contributed by atoms with Gasteiger partial charge in [-0.15, -0.1) is 0 Å². The number of esters is 2. The van der Waals surface area contributed by atoms with Crippen molar-refractivity contribution in [3.63, 3.8) is 0 Å². The summed E-state index contributed by atoms with van der Waals surface area (Å²) < 4.78 is 21.8. The number of benzene rings is 2. The summed E-state index contributed by atoms with van der Waals surface area (Å²) in [5.74, 6) is -2.06. The average Bonchev–Trinajstić information content (AvgIpc) is 3.35. The molecule has 11 heteroatoms. The molecule has 1 aliphatic heterocycles. The van der Waals surface area contributed by atoms with E-state index in [-0.39, 0.29) is 12.0 Å². The van der Waals surface area contributed by atoms with Crippen LogP contribution in [-0.4, -0.2) is 50.4 Å². The fourth-order valence-corrected chi connectivity index (χ4v) is 5.62. The molecule has 2 N–H and O–H groups in total. The number of carbonyl (C=O) groups is 2. The van der Waals surface area contributed by atoms with E-state index in [1.165, 1.54) is 0 Å². The van der Waals surface area contributed by atoms with E-state index in [1.807, 2.05) is 32.9 Å². The van der Waals surface area contributed by atoms with E-state index < -0.39 is 40.3 Å². The molecule has 0 bridgehead atoms. The molecule has 3 atom stereocenters. The molecule has 8 nitrogen and oxygen atoms in total. The van der Waals surface area contributed by atoms with Gasteiger partial charge in [0.05, 0.1) is 12.2 Å². The Morgan fingerprint density at radius 3 is 2.56 bits per heavy atom. The third-order valence-electron chi connectivity index (χ3n) is 7.23. The number of hydrogen-bond acceptors (Lipinski definition) is 7. The van der Waals surface area contributed by atoms with Gasteiger partial charge in [-0.2, -0.15) is 0 Å². The number of nitrogens with one attached hydrogen (secondary N) is 1. The minimum Gasteiger partial charge on any atom is -0.459 e. The van der Waals surface area contributed by atoms with Crippen molar-refractivity contribution in [1.29, 1.82) is 0 Å². The van der Waals surface area contributed by atoms with Crippen LogP contribution >= 0.6 is 34.8 Å². The summed E-state index contributed by atoms with van der Waals surface area (Å²) >= 11 is 17.2. The monoisotopic (exact) mass is 621 g/mol.